The molecule has 1 heterocycles. The maximum absolute atomic E-state index is 11.0. The van der Waals surface area contributed by atoms with Gasteiger partial charge in [-0.15, -0.1) is 0 Å². The molecule has 1 saturated carbocycles. The second-order valence-corrected chi connectivity index (χ2v) is 4.81. The van der Waals surface area contributed by atoms with Gasteiger partial charge in [0.2, 0.25) is 11.0 Å². The monoisotopic (exact) mass is 270 g/mol. The Bertz CT molecular complexity index is 433. The number of nitrogens with one attached hydrogen (secondary N) is 1. The number of nitrogens with zero attached hydrogens (tertiary/aromatic N) is 3. The van der Waals surface area contributed by atoms with Crippen LogP contribution in [-0.4, -0.2) is 20.9 Å². The van der Waals surface area contributed by atoms with Gasteiger partial charge in [-0.1, -0.05) is 37.3 Å². The Morgan fingerprint density at radius 3 is 2.56 bits per heavy atom. The molecule has 1 aliphatic carbocycles. The van der Waals surface area contributed by atoms with Gasteiger partial charge in [-0.3, -0.25) is 10.1 Å². The molecule has 7 heteroatoms. The van der Waals surface area contributed by atoms with Crippen LogP contribution in [0.3, 0.4) is 0 Å². The van der Waals surface area contributed by atoms with Crippen LogP contribution in [0.4, 0.5) is 11.5 Å². The summed E-state index contributed by atoms with van der Waals surface area (Å²) in [5.41, 5.74) is -0.233. The molecule has 0 bridgehead atoms. The number of aromatic nitrogens is 2. The van der Waals surface area contributed by atoms with Gasteiger partial charge < -0.3 is 5.32 Å². The summed E-state index contributed by atoms with van der Waals surface area (Å²) in [6.07, 6.45) is 8.01. The summed E-state index contributed by atoms with van der Waals surface area (Å²) in [7, 11) is 0. The third kappa shape index (κ3) is 3.07. The molecule has 1 aromatic heterocycles. The molecule has 1 fully saturated rings. The highest BCUT2D eigenvalue weighted by atomic mass is 35.5. The van der Waals surface area contributed by atoms with Crippen molar-refractivity contribution in [2.75, 3.05) is 5.32 Å². The zero-order valence-electron chi connectivity index (χ0n) is 9.93. The van der Waals surface area contributed by atoms with Crippen LogP contribution in [0, 0.1) is 10.1 Å². The van der Waals surface area contributed by atoms with Gasteiger partial charge in [0.1, 0.15) is 6.33 Å². The van der Waals surface area contributed by atoms with Crippen molar-refractivity contribution in [3.05, 3.63) is 21.6 Å². The van der Waals surface area contributed by atoms with Crippen LogP contribution >= 0.6 is 11.6 Å². The molecule has 0 atom stereocenters. The summed E-state index contributed by atoms with van der Waals surface area (Å²) in [6.45, 7) is 0. The van der Waals surface area contributed by atoms with E-state index in [1.807, 2.05) is 0 Å². The van der Waals surface area contributed by atoms with E-state index >= 15 is 0 Å². The highest BCUT2D eigenvalue weighted by molar-refractivity contribution is 6.31. The molecule has 1 aliphatic rings. The molecular formula is C11H15ClN4O2. The first-order chi connectivity index (χ1) is 8.68. The Labute approximate surface area is 110 Å². The summed E-state index contributed by atoms with van der Waals surface area (Å²) >= 11 is 5.74. The summed E-state index contributed by atoms with van der Waals surface area (Å²) in [4.78, 5) is 18.0. The summed E-state index contributed by atoms with van der Waals surface area (Å²) < 4.78 is 0. The first-order valence-electron chi connectivity index (χ1n) is 6.10. The number of anilines is 1. The van der Waals surface area contributed by atoms with Crippen LogP contribution in [0.5, 0.6) is 0 Å². The zero-order valence-corrected chi connectivity index (χ0v) is 10.7. The molecule has 0 spiro atoms. The lowest BCUT2D eigenvalue weighted by atomic mass is 10.1. The number of halogens is 1. The largest absolute Gasteiger partial charge is 0.361 e. The van der Waals surface area contributed by atoms with Crippen molar-refractivity contribution >= 4 is 23.1 Å². The number of hydrogen-bond acceptors (Lipinski definition) is 5. The Balaban J connectivity index is 2.17. The fourth-order valence-corrected chi connectivity index (χ4v) is 2.44. The van der Waals surface area contributed by atoms with Gasteiger partial charge >= 0.3 is 5.69 Å². The van der Waals surface area contributed by atoms with Crippen LogP contribution in [-0.2, 0) is 0 Å². The van der Waals surface area contributed by atoms with Crippen LogP contribution in [0.1, 0.15) is 38.5 Å². The van der Waals surface area contributed by atoms with Gasteiger partial charge in [0.15, 0.2) is 0 Å². The van der Waals surface area contributed by atoms with E-state index in [1.165, 1.54) is 19.2 Å². The molecule has 0 unspecified atom stereocenters. The molecule has 98 valence electrons. The molecule has 0 saturated heterocycles. The van der Waals surface area contributed by atoms with Crippen LogP contribution in [0.15, 0.2) is 6.33 Å². The zero-order chi connectivity index (χ0) is 13.0. The number of hydrogen-bond donors (Lipinski definition) is 1. The standard InChI is InChI=1S/C11H15ClN4O2/c12-10-9(16(17)18)11(14-7-13-10)15-8-5-3-1-2-4-6-8/h7-8H,1-6H2,(H,13,14,15). The van der Waals surface area contributed by atoms with Crippen molar-refractivity contribution in [3.8, 4) is 0 Å². The van der Waals surface area contributed by atoms with E-state index < -0.39 is 4.92 Å². The van der Waals surface area contributed by atoms with Gasteiger partial charge in [-0.25, -0.2) is 9.97 Å². The van der Waals surface area contributed by atoms with E-state index in [4.69, 9.17) is 11.6 Å². The minimum Gasteiger partial charge on any atom is -0.361 e. The van der Waals surface area contributed by atoms with E-state index in [0.29, 0.717) is 0 Å². The lowest BCUT2D eigenvalue weighted by Crippen LogP contribution is -2.20. The van der Waals surface area contributed by atoms with Gasteiger partial charge in [0.05, 0.1) is 4.92 Å². The maximum Gasteiger partial charge on any atom is 0.348 e. The van der Waals surface area contributed by atoms with Crippen molar-refractivity contribution in [1.29, 1.82) is 0 Å². The average Bonchev–Trinajstić information content (AvgIpc) is 2.57. The lowest BCUT2D eigenvalue weighted by Gasteiger charge is -2.16. The maximum atomic E-state index is 11.0. The molecule has 1 N–H and O–H groups in total. The fraction of sp³-hybridized carbons (Fsp3) is 0.636. The molecule has 0 amide bonds. The minimum atomic E-state index is -0.540. The Morgan fingerprint density at radius 2 is 1.94 bits per heavy atom. The second kappa shape index (κ2) is 5.95. The van der Waals surface area contributed by atoms with E-state index in [9.17, 15) is 10.1 Å². The second-order valence-electron chi connectivity index (χ2n) is 4.45. The highest BCUT2D eigenvalue weighted by Crippen LogP contribution is 2.30. The Morgan fingerprint density at radius 1 is 1.28 bits per heavy atom. The van der Waals surface area contributed by atoms with Gasteiger partial charge in [-0.2, -0.15) is 0 Å². The molecule has 2 rings (SSSR count). The van der Waals surface area contributed by atoms with Gasteiger partial charge in [-0.05, 0) is 12.8 Å². The van der Waals surface area contributed by atoms with Crippen molar-refractivity contribution in [2.24, 2.45) is 0 Å². The lowest BCUT2D eigenvalue weighted by molar-refractivity contribution is -0.384. The van der Waals surface area contributed by atoms with Crippen molar-refractivity contribution in [3.63, 3.8) is 0 Å². The van der Waals surface area contributed by atoms with Crippen LogP contribution in [0.25, 0.3) is 0 Å². The number of rotatable bonds is 3. The highest BCUT2D eigenvalue weighted by Gasteiger charge is 2.23. The quantitative estimate of drug-likeness (QED) is 0.395. The number of nitro groups is 1. The molecule has 0 aliphatic heterocycles. The molecule has 1 aromatic rings. The van der Waals surface area contributed by atoms with E-state index in [2.05, 4.69) is 15.3 Å². The normalized spacial score (nSPS) is 17.2. The first-order valence-corrected chi connectivity index (χ1v) is 6.47. The summed E-state index contributed by atoms with van der Waals surface area (Å²) in [5.74, 6) is 0.229. The predicted molar refractivity (Wildman–Crippen MR) is 68.8 cm³/mol. The Hall–Kier alpha value is -1.43. The average molecular weight is 271 g/mol. The third-order valence-corrected chi connectivity index (χ3v) is 3.43. The molecule has 0 radical (unpaired) electrons. The molecule has 18 heavy (non-hydrogen) atoms. The Kier molecular flexibility index (Phi) is 4.30. The van der Waals surface area contributed by atoms with E-state index in [1.54, 1.807) is 0 Å². The van der Waals surface area contributed by atoms with Crippen molar-refractivity contribution in [1.82, 2.24) is 9.97 Å². The smallest absolute Gasteiger partial charge is 0.348 e. The molecule has 6 nitrogen and oxygen atoms in total. The SMILES string of the molecule is O=[N+]([O-])c1c(Cl)ncnc1NC1CCCCCC1. The topological polar surface area (TPSA) is 81.0 Å². The van der Waals surface area contributed by atoms with Gasteiger partial charge in [0.25, 0.3) is 0 Å². The fourth-order valence-electron chi connectivity index (χ4n) is 2.24. The van der Waals surface area contributed by atoms with Crippen molar-refractivity contribution < 1.29 is 4.92 Å². The summed E-state index contributed by atoms with van der Waals surface area (Å²) in [5, 5.41) is 14.0. The molecule has 0 aromatic carbocycles. The minimum absolute atomic E-state index is 0.119. The van der Waals surface area contributed by atoms with Crippen LogP contribution in [0.2, 0.25) is 5.15 Å². The van der Waals surface area contributed by atoms with Gasteiger partial charge in [0, 0.05) is 6.04 Å². The molecular weight excluding hydrogens is 256 g/mol. The van der Waals surface area contributed by atoms with Crippen molar-refractivity contribution in [2.45, 2.75) is 44.6 Å². The third-order valence-electron chi connectivity index (χ3n) is 3.16. The summed E-state index contributed by atoms with van der Waals surface area (Å²) in [6, 6.07) is 0.233. The van der Waals surface area contributed by atoms with Crippen LogP contribution < -0.4 is 5.32 Å². The van der Waals surface area contributed by atoms with E-state index in [-0.39, 0.29) is 22.7 Å². The van der Waals surface area contributed by atoms with E-state index in [0.717, 1.165) is 25.7 Å². The first kappa shape index (κ1) is 13.0. The predicted octanol–water partition coefficient (Wildman–Crippen LogP) is 3.17.